The van der Waals surface area contributed by atoms with Crippen molar-refractivity contribution in [1.82, 2.24) is 0 Å². The molecule has 0 fully saturated rings. The molecule has 0 aliphatic heterocycles. The van der Waals surface area contributed by atoms with Crippen molar-refractivity contribution in [2.75, 3.05) is 6.61 Å². The Morgan fingerprint density at radius 1 is 1.45 bits per heavy atom. The van der Waals surface area contributed by atoms with E-state index in [0.717, 1.165) is 12.1 Å². The van der Waals surface area contributed by atoms with Gasteiger partial charge in [0, 0.05) is 6.07 Å². The second-order valence-electron chi connectivity index (χ2n) is 3.58. The Bertz CT molecular complexity index is 552. The first-order valence-electron chi connectivity index (χ1n) is 5.40. The summed E-state index contributed by atoms with van der Waals surface area (Å²) in [5.74, 6) is -1.30. The number of alkyl halides is 3. The van der Waals surface area contributed by atoms with Crippen LogP contribution in [0.2, 0.25) is 5.02 Å². The molecule has 0 aliphatic rings. The summed E-state index contributed by atoms with van der Waals surface area (Å²) in [4.78, 5) is 11.3. The monoisotopic (exact) mass is 307 g/mol. The standard InChI is InChI=1S/C12H9ClF3NO3/c1-2-19-11(18)5-7-3-9(13)10(4-8(7)6-17)20-12(14,15)16/h3-4H,2,5H2,1H3. The fourth-order valence-corrected chi connectivity index (χ4v) is 1.64. The SMILES string of the molecule is CCOC(=O)Cc1cc(Cl)c(OC(F)(F)F)cc1C#N. The van der Waals surface area contributed by atoms with Gasteiger partial charge >= 0.3 is 12.3 Å². The third-order valence-electron chi connectivity index (χ3n) is 2.14. The zero-order valence-electron chi connectivity index (χ0n) is 10.3. The number of nitriles is 1. The molecule has 4 nitrogen and oxygen atoms in total. The summed E-state index contributed by atoms with van der Waals surface area (Å²) in [6, 6.07) is 3.60. The van der Waals surface area contributed by atoms with Crippen LogP contribution < -0.4 is 4.74 Å². The molecule has 0 radical (unpaired) electrons. The predicted octanol–water partition coefficient (Wildman–Crippen LogP) is 3.22. The number of ether oxygens (including phenoxy) is 2. The van der Waals surface area contributed by atoms with Crippen molar-refractivity contribution in [2.24, 2.45) is 0 Å². The van der Waals surface area contributed by atoms with Crippen molar-refractivity contribution in [3.05, 3.63) is 28.3 Å². The van der Waals surface area contributed by atoms with Crippen LogP contribution in [0.3, 0.4) is 0 Å². The summed E-state index contributed by atoms with van der Waals surface area (Å²) in [6.45, 7) is 1.76. The lowest BCUT2D eigenvalue weighted by atomic mass is 10.1. The van der Waals surface area contributed by atoms with Crippen molar-refractivity contribution in [3.8, 4) is 11.8 Å². The molecule has 108 valence electrons. The van der Waals surface area contributed by atoms with Crippen molar-refractivity contribution in [1.29, 1.82) is 5.26 Å². The van der Waals surface area contributed by atoms with Crippen LogP contribution in [0, 0.1) is 11.3 Å². The molecule has 1 rings (SSSR count). The number of nitrogens with zero attached hydrogens (tertiary/aromatic N) is 1. The molecule has 8 heteroatoms. The highest BCUT2D eigenvalue weighted by Crippen LogP contribution is 2.32. The van der Waals surface area contributed by atoms with Crippen LogP contribution in [0.4, 0.5) is 13.2 Å². The zero-order chi connectivity index (χ0) is 15.3. The molecule has 0 unspecified atom stereocenters. The number of hydrogen-bond donors (Lipinski definition) is 0. The van der Waals surface area contributed by atoms with Gasteiger partial charge in [-0.05, 0) is 18.6 Å². The number of carbonyl (C=O) groups is 1. The van der Waals surface area contributed by atoms with E-state index in [4.69, 9.17) is 21.6 Å². The number of benzene rings is 1. The molecular formula is C12H9ClF3NO3. The summed E-state index contributed by atoms with van der Waals surface area (Å²) in [7, 11) is 0. The van der Waals surface area contributed by atoms with E-state index < -0.39 is 18.1 Å². The Balaban J connectivity index is 3.08. The third kappa shape index (κ3) is 4.63. The van der Waals surface area contributed by atoms with Gasteiger partial charge in [0.05, 0.1) is 29.7 Å². The zero-order valence-corrected chi connectivity index (χ0v) is 11.0. The normalized spacial score (nSPS) is 10.8. The van der Waals surface area contributed by atoms with Gasteiger partial charge in [0.25, 0.3) is 0 Å². The smallest absolute Gasteiger partial charge is 0.466 e. The van der Waals surface area contributed by atoms with Gasteiger partial charge in [-0.25, -0.2) is 0 Å². The highest BCUT2D eigenvalue weighted by atomic mass is 35.5. The van der Waals surface area contributed by atoms with E-state index >= 15 is 0 Å². The highest BCUT2D eigenvalue weighted by molar-refractivity contribution is 6.32. The Labute approximate surface area is 117 Å². The average Bonchev–Trinajstić information content (AvgIpc) is 2.31. The Hall–Kier alpha value is -1.94. The molecule has 0 N–H and O–H groups in total. The van der Waals surface area contributed by atoms with E-state index in [1.807, 2.05) is 0 Å². The number of carbonyl (C=O) groups excluding carboxylic acids is 1. The molecule has 1 aromatic rings. The first kappa shape index (κ1) is 16.1. The molecule has 0 spiro atoms. The van der Waals surface area contributed by atoms with Crippen LogP contribution in [0.25, 0.3) is 0 Å². The number of halogens is 4. The maximum absolute atomic E-state index is 12.1. The van der Waals surface area contributed by atoms with Crippen LogP contribution in [-0.2, 0) is 16.0 Å². The van der Waals surface area contributed by atoms with E-state index in [9.17, 15) is 18.0 Å². The molecule has 0 amide bonds. The second kappa shape index (κ2) is 6.48. The van der Waals surface area contributed by atoms with E-state index in [2.05, 4.69) is 4.74 Å². The van der Waals surface area contributed by atoms with E-state index in [1.165, 1.54) is 0 Å². The molecule has 0 saturated carbocycles. The van der Waals surface area contributed by atoms with E-state index in [1.54, 1.807) is 13.0 Å². The highest BCUT2D eigenvalue weighted by Gasteiger charge is 2.32. The van der Waals surface area contributed by atoms with Crippen LogP contribution >= 0.6 is 11.6 Å². The third-order valence-corrected chi connectivity index (χ3v) is 2.44. The van der Waals surface area contributed by atoms with Crippen LogP contribution in [-0.4, -0.2) is 18.9 Å². The van der Waals surface area contributed by atoms with Gasteiger partial charge in [-0.1, -0.05) is 11.6 Å². The predicted molar refractivity (Wildman–Crippen MR) is 63.2 cm³/mol. The van der Waals surface area contributed by atoms with Crippen molar-refractivity contribution >= 4 is 17.6 Å². The van der Waals surface area contributed by atoms with Gasteiger partial charge < -0.3 is 9.47 Å². The van der Waals surface area contributed by atoms with Gasteiger partial charge in [0.15, 0.2) is 0 Å². The largest absolute Gasteiger partial charge is 0.573 e. The van der Waals surface area contributed by atoms with Gasteiger partial charge in [0.2, 0.25) is 0 Å². The average molecular weight is 308 g/mol. The van der Waals surface area contributed by atoms with Crippen LogP contribution in [0.15, 0.2) is 12.1 Å². The molecular weight excluding hydrogens is 299 g/mol. The maximum Gasteiger partial charge on any atom is 0.573 e. The Kier molecular flexibility index (Phi) is 5.22. The van der Waals surface area contributed by atoms with Gasteiger partial charge in [0.1, 0.15) is 5.75 Å². The van der Waals surface area contributed by atoms with Crippen molar-refractivity contribution in [2.45, 2.75) is 19.7 Å². The molecule has 20 heavy (non-hydrogen) atoms. The number of hydrogen-bond acceptors (Lipinski definition) is 4. The van der Waals surface area contributed by atoms with E-state index in [0.29, 0.717) is 0 Å². The quantitative estimate of drug-likeness (QED) is 0.801. The molecule has 0 bridgehead atoms. The first-order valence-corrected chi connectivity index (χ1v) is 5.78. The lowest BCUT2D eigenvalue weighted by molar-refractivity contribution is -0.274. The summed E-state index contributed by atoms with van der Waals surface area (Å²) in [5, 5.41) is 8.55. The van der Waals surface area contributed by atoms with Crippen LogP contribution in [0.5, 0.6) is 5.75 Å². The second-order valence-corrected chi connectivity index (χ2v) is 3.99. The minimum Gasteiger partial charge on any atom is -0.466 e. The number of esters is 1. The Morgan fingerprint density at radius 3 is 2.60 bits per heavy atom. The topological polar surface area (TPSA) is 59.3 Å². The van der Waals surface area contributed by atoms with Crippen molar-refractivity contribution < 1.29 is 27.4 Å². The summed E-state index contributed by atoms with van der Waals surface area (Å²) in [5.41, 5.74) is 0.0344. The number of rotatable bonds is 4. The fraction of sp³-hybridized carbons (Fsp3) is 0.333. The molecule has 0 aliphatic carbocycles. The minimum absolute atomic E-state index is 0.137. The lowest BCUT2D eigenvalue weighted by Gasteiger charge is -2.12. The summed E-state index contributed by atoms with van der Waals surface area (Å²) < 4.78 is 44.8. The summed E-state index contributed by atoms with van der Waals surface area (Å²) in [6.07, 6.45) is -5.18. The fourth-order valence-electron chi connectivity index (χ4n) is 1.42. The molecule has 0 atom stereocenters. The van der Waals surface area contributed by atoms with Crippen molar-refractivity contribution in [3.63, 3.8) is 0 Å². The molecule has 1 aromatic carbocycles. The van der Waals surface area contributed by atoms with Crippen LogP contribution in [0.1, 0.15) is 18.1 Å². The molecule has 0 saturated heterocycles. The van der Waals surface area contributed by atoms with Gasteiger partial charge in [-0.2, -0.15) is 5.26 Å². The Morgan fingerprint density at radius 2 is 2.10 bits per heavy atom. The maximum atomic E-state index is 12.1. The minimum atomic E-state index is -4.92. The van der Waals surface area contributed by atoms with Gasteiger partial charge in [-0.15, -0.1) is 13.2 Å². The van der Waals surface area contributed by atoms with E-state index in [-0.39, 0.29) is 29.2 Å². The molecule has 0 aromatic heterocycles. The summed E-state index contributed by atoms with van der Waals surface area (Å²) >= 11 is 5.64. The van der Waals surface area contributed by atoms with Gasteiger partial charge in [-0.3, -0.25) is 4.79 Å². The molecule has 0 heterocycles. The lowest BCUT2D eigenvalue weighted by Crippen LogP contribution is -2.18. The first-order chi connectivity index (χ1) is 9.26.